The van der Waals surface area contributed by atoms with Crippen LogP contribution in [0.5, 0.6) is 0 Å². The van der Waals surface area contributed by atoms with Crippen molar-refractivity contribution in [1.29, 1.82) is 0 Å². The van der Waals surface area contributed by atoms with Crippen LogP contribution in [-0.4, -0.2) is 31.1 Å². The van der Waals surface area contributed by atoms with Gasteiger partial charge < -0.3 is 4.40 Å². The molecule has 0 bridgehead atoms. The van der Waals surface area contributed by atoms with Crippen LogP contribution in [0, 0.1) is 0 Å². The summed E-state index contributed by atoms with van der Waals surface area (Å²) in [4.78, 5) is 6.79. The van der Waals surface area contributed by atoms with Crippen molar-refractivity contribution < 1.29 is 0 Å². The van der Waals surface area contributed by atoms with Gasteiger partial charge in [-0.25, -0.2) is 4.98 Å². The molecule has 0 aliphatic heterocycles. The fraction of sp³-hybridized carbons (Fsp3) is 0.286. The zero-order valence-electron chi connectivity index (χ0n) is 11.5. The average molecular weight is 290 g/mol. The van der Waals surface area contributed by atoms with Gasteiger partial charge in [0.25, 0.3) is 0 Å². The highest BCUT2D eigenvalue weighted by Crippen LogP contribution is 2.13. The van der Waals surface area contributed by atoms with E-state index in [1.54, 1.807) is 0 Å². The summed E-state index contributed by atoms with van der Waals surface area (Å²) in [6, 6.07) is 3.78. The van der Waals surface area contributed by atoms with Gasteiger partial charge in [-0.3, -0.25) is 9.58 Å². The van der Waals surface area contributed by atoms with Crippen molar-refractivity contribution in [2.45, 2.75) is 13.1 Å². The topological polar surface area (TPSA) is 38.4 Å². The molecule has 20 heavy (non-hydrogen) atoms. The molecule has 104 valence electrons. The molecule has 6 heteroatoms. The Morgan fingerprint density at radius 3 is 2.80 bits per heavy atom. The highest BCUT2D eigenvalue weighted by Gasteiger charge is 2.07. The zero-order valence-corrected chi connectivity index (χ0v) is 12.2. The number of hydrogen-bond donors (Lipinski definition) is 0. The first-order chi connectivity index (χ1) is 9.60. The molecule has 3 heterocycles. The van der Waals surface area contributed by atoms with Crippen LogP contribution in [0.1, 0.15) is 11.3 Å². The number of fused-ring (bicyclic) bond motifs is 1. The number of aromatic nitrogens is 4. The van der Waals surface area contributed by atoms with Gasteiger partial charge in [-0.15, -0.1) is 0 Å². The highest BCUT2D eigenvalue weighted by atomic mass is 35.5. The summed E-state index contributed by atoms with van der Waals surface area (Å²) >= 11 is 5.98. The normalized spacial score (nSPS) is 11.6. The molecular weight excluding hydrogens is 274 g/mol. The second-order valence-electron chi connectivity index (χ2n) is 5.04. The molecule has 0 saturated carbocycles. The molecule has 0 aliphatic rings. The summed E-state index contributed by atoms with van der Waals surface area (Å²) in [6.45, 7) is 1.64. The fourth-order valence-corrected chi connectivity index (χ4v) is 2.46. The Bertz CT molecular complexity index is 730. The van der Waals surface area contributed by atoms with Crippen LogP contribution in [0.3, 0.4) is 0 Å². The number of halogens is 1. The first kappa shape index (κ1) is 13.1. The molecule has 0 saturated heterocycles. The monoisotopic (exact) mass is 289 g/mol. The van der Waals surface area contributed by atoms with E-state index in [2.05, 4.69) is 22.0 Å². The van der Waals surface area contributed by atoms with E-state index in [0.717, 1.165) is 24.4 Å². The lowest BCUT2D eigenvalue weighted by Crippen LogP contribution is -2.17. The van der Waals surface area contributed by atoms with Crippen LogP contribution < -0.4 is 0 Å². The third-order valence-corrected chi connectivity index (χ3v) is 3.33. The lowest BCUT2D eigenvalue weighted by molar-refractivity contribution is 0.315. The molecule has 0 N–H and O–H groups in total. The Balaban J connectivity index is 1.72. The van der Waals surface area contributed by atoms with Crippen LogP contribution in [0.2, 0.25) is 5.02 Å². The van der Waals surface area contributed by atoms with E-state index >= 15 is 0 Å². The maximum Gasteiger partial charge on any atom is 0.137 e. The molecule has 0 radical (unpaired) electrons. The smallest absolute Gasteiger partial charge is 0.137 e. The molecule has 0 amide bonds. The average Bonchev–Trinajstić information content (AvgIpc) is 2.94. The van der Waals surface area contributed by atoms with Gasteiger partial charge in [0.2, 0.25) is 0 Å². The van der Waals surface area contributed by atoms with Gasteiger partial charge >= 0.3 is 0 Å². The van der Waals surface area contributed by atoms with E-state index in [1.165, 1.54) is 5.56 Å². The molecule has 5 nitrogen and oxygen atoms in total. The number of nitrogens with zero attached hydrogens (tertiary/aromatic N) is 5. The summed E-state index contributed by atoms with van der Waals surface area (Å²) in [5.74, 6) is 0. The van der Waals surface area contributed by atoms with E-state index < -0.39 is 0 Å². The Labute approximate surface area is 122 Å². The van der Waals surface area contributed by atoms with E-state index in [1.807, 2.05) is 53.1 Å². The first-order valence-corrected chi connectivity index (χ1v) is 6.77. The summed E-state index contributed by atoms with van der Waals surface area (Å²) < 4.78 is 3.77. The third kappa shape index (κ3) is 2.84. The van der Waals surface area contributed by atoms with Gasteiger partial charge in [-0.2, -0.15) is 5.10 Å². The summed E-state index contributed by atoms with van der Waals surface area (Å²) in [7, 11) is 4.00. The second-order valence-corrected chi connectivity index (χ2v) is 5.48. The van der Waals surface area contributed by atoms with Gasteiger partial charge in [-0.1, -0.05) is 11.6 Å². The van der Waals surface area contributed by atoms with Gasteiger partial charge in [0.05, 0.1) is 16.9 Å². The molecular formula is C14H16ClN5. The number of imidazole rings is 1. The molecule has 3 aromatic heterocycles. The fourth-order valence-electron chi connectivity index (χ4n) is 2.29. The minimum absolute atomic E-state index is 0.713. The molecule has 3 aromatic rings. The molecule has 0 atom stereocenters. The van der Waals surface area contributed by atoms with Gasteiger partial charge in [0, 0.05) is 44.3 Å². The van der Waals surface area contributed by atoms with Crippen LogP contribution in [0.25, 0.3) is 5.65 Å². The molecule has 0 spiro atoms. The maximum atomic E-state index is 5.98. The summed E-state index contributed by atoms with van der Waals surface area (Å²) in [5, 5.41) is 4.89. The Hall–Kier alpha value is -1.85. The van der Waals surface area contributed by atoms with Crippen LogP contribution >= 0.6 is 11.6 Å². The molecule has 3 rings (SSSR count). The Kier molecular flexibility index (Phi) is 3.46. The molecule has 0 aliphatic carbocycles. The van der Waals surface area contributed by atoms with E-state index in [-0.39, 0.29) is 0 Å². The SMILES string of the molecule is CN(Cc1cnn(C)c1)Cc1cn2cc(Cl)ccc2n1. The van der Waals surface area contributed by atoms with Crippen LogP contribution in [0.15, 0.2) is 36.9 Å². The van der Waals surface area contributed by atoms with Crippen LogP contribution in [0.4, 0.5) is 0 Å². The predicted octanol–water partition coefficient (Wildman–Crippen LogP) is 2.35. The van der Waals surface area contributed by atoms with Crippen molar-refractivity contribution in [1.82, 2.24) is 24.1 Å². The Morgan fingerprint density at radius 2 is 2.05 bits per heavy atom. The third-order valence-electron chi connectivity index (χ3n) is 3.11. The number of rotatable bonds is 4. The van der Waals surface area contributed by atoms with E-state index in [0.29, 0.717) is 5.02 Å². The van der Waals surface area contributed by atoms with Crippen molar-refractivity contribution in [2.24, 2.45) is 7.05 Å². The van der Waals surface area contributed by atoms with E-state index in [4.69, 9.17) is 11.6 Å². The quantitative estimate of drug-likeness (QED) is 0.740. The zero-order chi connectivity index (χ0) is 14.1. The minimum Gasteiger partial charge on any atom is -0.305 e. The van der Waals surface area contributed by atoms with Crippen molar-refractivity contribution >= 4 is 17.2 Å². The van der Waals surface area contributed by atoms with Crippen LogP contribution in [-0.2, 0) is 20.1 Å². The van der Waals surface area contributed by atoms with Crippen molar-refractivity contribution in [2.75, 3.05) is 7.05 Å². The summed E-state index contributed by atoms with van der Waals surface area (Å²) in [5.41, 5.74) is 3.14. The number of hydrogen-bond acceptors (Lipinski definition) is 3. The van der Waals surface area contributed by atoms with Crippen molar-refractivity contribution in [3.63, 3.8) is 0 Å². The lowest BCUT2D eigenvalue weighted by atomic mass is 10.3. The highest BCUT2D eigenvalue weighted by molar-refractivity contribution is 6.30. The lowest BCUT2D eigenvalue weighted by Gasteiger charge is -2.13. The largest absolute Gasteiger partial charge is 0.305 e. The Morgan fingerprint density at radius 1 is 1.20 bits per heavy atom. The van der Waals surface area contributed by atoms with Gasteiger partial charge in [0.1, 0.15) is 5.65 Å². The molecule has 0 aromatic carbocycles. The molecule has 0 fully saturated rings. The maximum absolute atomic E-state index is 5.98. The number of pyridine rings is 1. The predicted molar refractivity (Wildman–Crippen MR) is 78.6 cm³/mol. The second kappa shape index (κ2) is 5.26. The van der Waals surface area contributed by atoms with E-state index in [9.17, 15) is 0 Å². The molecule has 0 unspecified atom stereocenters. The van der Waals surface area contributed by atoms with Crippen molar-refractivity contribution in [3.8, 4) is 0 Å². The summed E-state index contributed by atoms with van der Waals surface area (Å²) in [6.07, 6.45) is 7.80. The van der Waals surface area contributed by atoms with Gasteiger partial charge in [0.15, 0.2) is 0 Å². The van der Waals surface area contributed by atoms with Gasteiger partial charge in [-0.05, 0) is 19.2 Å². The number of aryl methyl sites for hydroxylation is 1. The van der Waals surface area contributed by atoms with Crippen molar-refractivity contribution in [3.05, 3.63) is 53.2 Å². The minimum atomic E-state index is 0.713. The standard InChI is InChI=1S/C14H16ClN5/c1-18(6-11-5-16-19(2)7-11)9-13-10-20-8-12(15)3-4-14(20)17-13/h3-5,7-8,10H,6,9H2,1-2H3. The first-order valence-electron chi connectivity index (χ1n) is 6.39.